The van der Waals surface area contributed by atoms with Gasteiger partial charge in [-0.15, -0.1) is 5.10 Å². The van der Waals surface area contributed by atoms with Gasteiger partial charge in [0.1, 0.15) is 11.8 Å². The second-order valence-corrected chi connectivity index (χ2v) is 16.5. The van der Waals surface area contributed by atoms with Crippen molar-refractivity contribution in [1.29, 1.82) is 5.26 Å². The maximum atomic E-state index is 12.9. The number of carbonyl (C=O) groups excluding carboxylic acids is 3. The number of carbonyl (C=O) groups is 3. The molecule has 3 N–H and O–H groups in total. The summed E-state index contributed by atoms with van der Waals surface area (Å²) in [6, 6.07) is 14.0. The fourth-order valence-electron chi connectivity index (χ4n) is 9.20. The summed E-state index contributed by atoms with van der Waals surface area (Å²) >= 11 is 0. The van der Waals surface area contributed by atoms with E-state index >= 15 is 0 Å². The molecule has 2 saturated heterocycles. The van der Waals surface area contributed by atoms with Crippen molar-refractivity contribution in [2.75, 3.05) is 49.9 Å². The molecule has 2 aliphatic heterocycles. The average Bonchev–Trinajstić information content (AvgIpc) is 4.05. The highest BCUT2D eigenvalue weighted by molar-refractivity contribution is 6.01. The molecule has 4 aromatic heterocycles. The van der Waals surface area contributed by atoms with Gasteiger partial charge in [0.25, 0.3) is 0 Å². The molecule has 59 heavy (non-hydrogen) atoms. The van der Waals surface area contributed by atoms with Crippen molar-refractivity contribution in [3.63, 3.8) is 0 Å². The van der Waals surface area contributed by atoms with Gasteiger partial charge in [0, 0.05) is 86.0 Å². The average molecular weight is 796 g/mol. The van der Waals surface area contributed by atoms with Crippen LogP contribution in [0.15, 0.2) is 61.2 Å². The summed E-state index contributed by atoms with van der Waals surface area (Å²) in [7, 11) is 0. The molecule has 16 heteroatoms. The van der Waals surface area contributed by atoms with E-state index in [9.17, 15) is 19.6 Å². The Hall–Kier alpha value is -6.05. The number of aromatic nitrogens is 7. The number of nitriles is 1. The van der Waals surface area contributed by atoms with E-state index in [1.165, 1.54) is 12.8 Å². The summed E-state index contributed by atoms with van der Waals surface area (Å²) in [6.07, 6.45) is 17.1. The van der Waals surface area contributed by atoms with Crippen molar-refractivity contribution < 1.29 is 14.4 Å². The Morgan fingerprint density at radius 1 is 0.898 bits per heavy atom. The van der Waals surface area contributed by atoms with Crippen LogP contribution >= 0.6 is 0 Å². The molecule has 9 rings (SSSR count). The van der Waals surface area contributed by atoms with Crippen LogP contribution in [0.3, 0.4) is 0 Å². The first-order valence-electron chi connectivity index (χ1n) is 21.0. The smallest absolute Gasteiger partial charge is 0.238 e. The number of anilines is 2. The molecule has 1 atom stereocenters. The molecule has 304 valence electrons. The summed E-state index contributed by atoms with van der Waals surface area (Å²) in [6.45, 7) is 5.01. The van der Waals surface area contributed by atoms with Gasteiger partial charge >= 0.3 is 0 Å². The lowest BCUT2D eigenvalue weighted by atomic mass is 9.85. The van der Waals surface area contributed by atoms with Crippen LogP contribution < -0.4 is 16.0 Å². The van der Waals surface area contributed by atoms with E-state index in [2.05, 4.69) is 58.4 Å². The Balaban J connectivity index is 0.755. The van der Waals surface area contributed by atoms with E-state index in [1.54, 1.807) is 23.1 Å². The van der Waals surface area contributed by atoms with Gasteiger partial charge in [-0.3, -0.25) is 24.6 Å². The molecule has 1 aromatic carbocycles. The summed E-state index contributed by atoms with van der Waals surface area (Å²) in [5.74, 6) is 0.401. The van der Waals surface area contributed by atoms with E-state index in [0.717, 1.165) is 99.1 Å². The molecule has 0 radical (unpaired) electrons. The predicted molar refractivity (Wildman–Crippen MR) is 220 cm³/mol. The Morgan fingerprint density at radius 2 is 1.68 bits per heavy atom. The fourth-order valence-corrected chi connectivity index (χ4v) is 9.20. The van der Waals surface area contributed by atoms with Crippen molar-refractivity contribution in [1.82, 2.24) is 49.9 Å². The molecular formula is C43H49N13O3. The number of piperazine rings is 1. The summed E-state index contributed by atoms with van der Waals surface area (Å²) in [5.41, 5.74) is 5.35. The van der Waals surface area contributed by atoms with Gasteiger partial charge in [0.2, 0.25) is 17.7 Å². The normalized spacial score (nSPS) is 22.0. The molecule has 16 nitrogen and oxygen atoms in total. The minimum Gasteiger partial charge on any atom is -0.382 e. The van der Waals surface area contributed by atoms with Crippen LogP contribution in [0.5, 0.6) is 0 Å². The largest absolute Gasteiger partial charge is 0.382 e. The topological polar surface area (TPSA) is 192 Å². The molecule has 3 amide bonds. The van der Waals surface area contributed by atoms with Crippen molar-refractivity contribution >= 4 is 40.1 Å². The second kappa shape index (κ2) is 17.0. The van der Waals surface area contributed by atoms with Crippen LogP contribution in [0, 0.1) is 17.2 Å². The molecule has 2 saturated carbocycles. The second-order valence-electron chi connectivity index (χ2n) is 16.5. The third kappa shape index (κ3) is 8.72. The van der Waals surface area contributed by atoms with Crippen molar-refractivity contribution in [3.8, 4) is 23.1 Å². The molecule has 5 aromatic rings. The Bertz CT molecular complexity index is 2360. The van der Waals surface area contributed by atoms with Gasteiger partial charge in [0.15, 0.2) is 11.5 Å². The molecule has 4 aliphatic rings. The summed E-state index contributed by atoms with van der Waals surface area (Å²) in [5, 5.41) is 33.1. The first kappa shape index (κ1) is 38.5. The van der Waals surface area contributed by atoms with Gasteiger partial charge in [-0.2, -0.15) is 15.0 Å². The highest BCUT2D eigenvalue weighted by Gasteiger charge is 2.29. The zero-order chi connectivity index (χ0) is 40.3. The summed E-state index contributed by atoms with van der Waals surface area (Å²) < 4.78 is 3.76. The van der Waals surface area contributed by atoms with E-state index in [-0.39, 0.29) is 23.6 Å². The van der Waals surface area contributed by atoms with Crippen LogP contribution in [0.2, 0.25) is 0 Å². The number of benzene rings is 1. The first-order chi connectivity index (χ1) is 28.8. The van der Waals surface area contributed by atoms with E-state index < -0.39 is 0 Å². The van der Waals surface area contributed by atoms with Crippen LogP contribution in [0.1, 0.15) is 87.3 Å². The van der Waals surface area contributed by atoms with Crippen molar-refractivity contribution in [3.05, 3.63) is 72.3 Å². The van der Waals surface area contributed by atoms with Crippen LogP contribution in [0.4, 0.5) is 11.4 Å². The molecule has 1 unspecified atom stereocenters. The lowest BCUT2D eigenvalue weighted by Gasteiger charge is -2.37. The third-order valence-corrected chi connectivity index (χ3v) is 12.5. The van der Waals surface area contributed by atoms with E-state index in [1.807, 2.05) is 41.2 Å². The Kier molecular flexibility index (Phi) is 11.1. The van der Waals surface area contributed by atoms with Gasteiger partial charge in [-0.25, -0.2) is 14.6 Å². The number of nitrogens with zero attached hydrogens (tertiary/aromatic N) is 10. The van der Waals surface area contributed by atoms with Gasteiger partial charge in [0.05, 0.1) is 36.5 Å². The molecule has 0 spiro atoms. The standard InChI is InChI=1S/C43H49N13O3/c44-21-29-19-31-23-47-56(42(31)46-22-29)39-20-37(48-32-3-1-2-4-32)36(24-45-39)38-26-55(52-51-38)34-11-5-28(6-12-34)25-53-15-17-54(18-16-53)27-41(58)49-33-9-7-30(8-10-33)35-13-14-40(57)50-43(35)59/h7-10,19-20,22-24,26,28,32,34-35H,1-6,11-18,25,27H2,(H,45,48)(H,49,58)(H,50,57,59)/t28-,34-,35?. The number of fused-ring (bicyclic) bond motifs is 1. The Labute approximate surface area is 342 Å². The maximum absolute atomic E-state index is 12.9. The quantitative estimate of drug-likeness (QED) is 0.155. The number of hydrogen-bond acceptors (Lipinski definition) is 12. The van der Waals surface area contributed by atoms with Crippen LogP contribution in [-0.4, -0.2) is 108 Å². The molecule has 6 heterocycles. The zero-order valence-electron chi connectivity index (χ0n) is 33.1. The van der Waals surface area contributed by atoms with Crippen molar-refractivity contribution in [2.45, 2.75) is 82.2 Å². The number of hydrogen-bond donors (Lipinski definition) is 3. The number of piperidine rings is 1. The predicted octanol–water partition coefficient (Wildman–Crippen LogP) is 4.81. The van der Waals surface area contributed by atoms with E-state index in [0.29, 0.717) is 60.1 Å². The monoisotopic (exact) mass is 795 g/mol. The van der Waals surface area contributed by atoms with Crippen molar-refractivity contribution in [2.24, 2.45) is 5.92 Å². The van der Waals surface area contributed by atoms with Gasteiger partial charge in [-0.1, -0.05) is 30.2 Å². The maximum Gasteiger partial charge on any atom is 0.238 e. The Morgan fingerprint density at radius 3 is 2.44 bits per heavy atom. The highest BCUT2D eigenvalue weighted by atomic mass is 16.2. The lowest BCUT2D eigenvalue weighted by molar-refractivity contribution is -0.134. The van der Waals surface area contributed by atoms with E-state index in [4.69, 9.17) is 4.98 Å². The molecule has 4 fully saturated rings. The first-order valence-corrected chi connectivity index (χ1v) is 21.0. The SMILES string of the molecule is N#Cc1cnc2c(cnn2-c2cc(NC3CCCC3)c(-c3cn([C@H]4CC[C@H](CN5CCN(CC(=O)Nc6ccc(C7CCC(=O)NC7=O)cc6)CC5)CC4)nn3)cn2)c1. The lowest BCUT2D eigenvalue weighted by Crippen LogP contribution is -2.49. The fraction of sp³-hybridized carbons (Fsp3) is 0.465. The molecule has 2 aliphatic carbocycles. The number of rotatable bonds is 11. The third-order valence-electron chi connectivity index (χ3n) is 12.5. The number of amides is 3. The summed E-state index contributed by atoms with van der Waals surface area (Å²) in [4.78, 5) is 50.6. The highest BCUT2D eigenvalue weighted by Crippen LogP contribution is 2.35. The van der Waals surface area contributed by atoms with Gasteiger partial charge < -0.3 is 15.5 Å². The number of pyridine rings is 2. The number of nitrogens with one attached hydrogen (secondary N) is 3. The minimum absolute atomic E-state index is 0.0477. The molecule has 0 bridgehead atoms. The molecular weight excluding hydrogens is 747 g/mol. The van der Waals surface area contributed by atoms with Crippen LogP contribution in [-0.2, 0) is 14.4 Å². The van der Waals surface area contributed by atoms with Gasteiger partial charge in [-0.05, 0) is 74.6 Å². The number of imide groups is 1. The van der Waals surface area contributed by atoms with Crippen LogP contribution in [0.25, 0.3) is 28.1 Å². The minimum atomic E-state index is -0.339. The zero-order valence-corrected chi connectivity index (χ0v) is 33.1.